The Hall–Kier alpha value is -5.57. The van der Waals surface area contributed by atoms with Gasteiger partial charge in [0.25, 0.3) is 11.8 Å². The Balaban J connectivity index is 1.60. The first-order valence-electron chi connectivity index (χ1n) is 16.8. The minimum absolute atomic E-state index is 0.0397. The molecular weight excluding hydrogens is 640 g/mol. The maximum Gasteiger partial charge on any atom is 0.270 e. The zero-order chi connectivity index (χ0) is 35.9. The molecule has 3 atom stereocenters. The normalized spacial score (nSPS) is 20.3. The number of unbranched alkanes of at least 4 members (excludes halogenated alkanes) is 1. The molecule has 0 spiro atoms. The van der Waals surface area contributed by atoms with E-state index in [1.807, 2.05) is 30.5 Å². The second kappa shape index (κ2) is 18.8. The summed E-state index contributed by atoms with van der Waals surface area (Å²) in [5.41, 5.74) is 19.9. The van der Waals surface area contributed by atoms with Gasteiger partial charge in [-0.05, 0) is 67.8 Å². The number of hydrogen-bond donors (Lipinski definition) is 8. The lowest BCUT2D eigenvalue weighted by Crippen LogP contribution is -2.54. The van der Waals surface area contributed by atoms with Gasteiger partial charge < -0.3 is 43.5 Å². The van der Waals surface area contributed by atoms with Crippen molar-refractivity contribution in [1.29, 1.82) is 0 Å². The van der Waals surface area contributed by atoms with Crippen LogP contribution in [0.3, 0.4) is 0 Å². The van der Waals surface area contributed by atoms with Crippen molar-refractivity contribution >= 4 is 52.6 Å². The van der Waals surface area contributed by atoms with Crippen LogP contribution in [0.15, 0.2) is 64.7 Å². The highest BCUT2D eigenvalue weighted by Gasteiger charge is 2.28. The van der Waals surface area contributed by atoms with E-state index in [0.29, 0.717) is 49.8 Å². The Labute approximate surface area is 290 Å². The summed E-state index contributed by atoms with van der Waals surface area (Å²) in [5, 5.41) is 12.2. The van der Waals surface area contributed by atoms with E-state index >= 15 is 0 Å². The molecule has 4 rings (SSSR count). The van der Waals surface area contributed by atoms with Crippen molar-refractivity contribution in [2.45, 2.75) is 76.0 Å². The fraction of sp³-hybridized carbons (Fsp3) is 0.400. The first-order chi connectivity index (χ1) is 24.1. The third-order valence-electron chi connectivity index (χ3n) is 8.26. The molecule has 2 aromatic carbocycles. The van der Waals surface area contributed by atoms with Crippen molar-refractivity contribution in [3.8, 4) is 0 Å². The van der Waals surface area contributed by atoms with Crippen LogP contribution in [-0.2, 0) is 43.4 Å². The summed E-state index contributed by atoms with van der Waals surface area (Å²) >= 11 is 0. The van der Waals surface area contributed by atoms with E-state index in [1.165, 1.54) is 0 Å². The number of nitrogens with one attached hydrogen (secondary N) is 5. The molecule has 0 saturated heterocycles. The van der Waals surface area contributed by atoms with Gasteiger partial charge in [-0.3, -0.25) is 24.0 Å². The van der Waals surface area contributed by atoms with Gasteiger partial charge in [0.05, 0.1) is 12.6 Å². The van der Waals surface area contributed by atoms with Gasteiger partial charge in [-0.2, -0.15) is 0 Å². The van der Waals surface area contributed by atoms with Gasteiger partial charge in [0.2, 0.25) is 17.7 Å². The van der Waals surface area contributed by atoms with Gasteiger partial charge in [-0.15, -0.1) is 0 Å². The molecule has 2 heterocycles. The quantitative estimate of drug-likeness (QED) is 0.0966. The highest BCUT2D eigenvalue weighted by atomic mass is 16.2. The summed E-state index contributed by atoms with van der Waals surface area (Å²) in [4.78, 5) is 76.8. The summed E-state index contributed by atoms with van der Waals surface area (Å²) in [7, 11) is 0. The number of benzene rings is 2. The summed E-state index contributed by atoms with van der Waals surface area (Å²) in [6, 6.07) is 11.9. The van der Waals surface area contributed by atoms with Crippen LogP contribution in [0, 0.1) is 0 Å². The van der Waals surface area contributed by atoms with Crippen LogP contribution < -0.4 is 38.5 Å². The van der Waals surface area contributed by atoms with Crippen LogP contribution in [-0.4, -0.2) is 77.9 Å². The molecule has 0 unspecified atom stereocenters. The van der Waals surface area contributed by atoms with Gasteiger partial charge in [-0.1, -0.05) is 42.5 Å². The highest BCUT2D eigenvalue weighted by Crippen LogP contribution is 2.20. The summed E-state index contributed by atoms with van der Waals surface area (Å²) in [6.07, 6.45) is 5.61. The number of carbonyl (C=O) groups is 5. The zero-order valence-corrected chi connectivity index (χ0v) is 28.0. The van der Waals surface area contributed by atoms with E-state index in [0.717, 1.165) is 22.7 Å². The maximum absolute atomic E-state index is 13.9. The third kappa shape index (κ3) is 11.5. The van der Waals surface area contributed by atoms with Crippen molar-refractivity contribution in [1.82, 2.24) is 26.3 Å². The van der Waals surface area contributed by atoms with E-state index in [-0.39, 0.29) is 44.2 Å². The number of H-pyrrole nitrogens is 1. The van der Waals surface area contributed by atoms with Crippen LogP contribution in [0.5, 0.6) is 0 Å². The van der Waals surface area contributed by atoms with Crippen molar-refractivity contribution < 1.29 is 24.0 Å². The zero-order valence-electron chi connectivity index (χ0n) is 28.0. The molecule has 0 radical (unpaired) electrons. The third-order valence-corrected chi connectivity index (χ3v) is 8.26. The van der Waals surface area contributed by atoms with Gasteiger partial charge in [0.15, 0.2) is 5.96 Å². The van der Waals surface area contributed by atoms with Crippen molar-refractivity contribution in [3.05, 3.63) is 71.4 Å². The van der Waals surface area contributed by atoms with E-state index in [9.17, 15) is 24.0 Å². The Bertz CT molecular complexity index is 1710. The van der Waals surface area contributed by atoms with Crippen LogP contribution in [0.25, 0.3) is 10.9 Å². The van der Waals surface area contributed by atoms with Gasteiger partial charge in [0.1, 0.15) is 18.1 Å². The molecule has 5 amide bonds. The fourth-order valence-electron chi connectivity index (χ4n) is 5.71. The lowest BCUT2D eigenvalue weighted by atomic mass is 10.0. The summed E-state index contributed by atoms with van der Waals surface area (Å²) in [6.45, 7) is 0.807. The van der Waals surface area contributed by atoms with Gasteiger partial charge in [-0.25, -0.2) is 9.98 Å². The standard InChI is InChI=1S/C35H46N10O5/c36-14-5-3-12-27-32(48)39-15-6-4-13-28(45-35(37)38)33(49)42-21-31(47)41-19-23-9-7-8-22(16-23)17-30(46)43-29(34(50)44-27)18-24-20-40-26-11-2-1-10-25(24)26/h1-2,7-11,16,20-21,27-29,40H,3-6,12-15,17-19,36H2,(H,39,48)(H,41,47)(H,43,46)(H,44,50)(H4,37,38,45)/t27-,28+,29-/m0/s1. The van der Waals surface area contributed by atoms with Crippen molar-refractivity contribution in [2.75, 3.05) is 13.1 Å². The first kappa shape index (κ1) is 37.3. The predicted octanol–water partition coefficient (Wildman–Crippen LogP) is 0.207. The number of aromatic nitrogens is 1. The summed E-state index contributed by atoms with van der Waals surface area (Å²) < 4.78 is 0. The lowest BCUT2D eigenvalue weighted by molar-refractivity contribution is -0.132. The number of hydrogen-bond acceptors (Lipinski definition) is 7. The molecular formula is C35H46N10O5. The van der Waals surface area contributed by atoms with Crippen LogP contribution >= 0.6 is 0 Å². The SMILES string of the molecule is NCCCC[C@@H]1NC(=O)[C@H](Cc2c[nH]c3ccccc23)NC(=O)Cc2cccc(c2)CNC(=O)C=NC(=O)[C@H](N=C(N)N)CCCCNC1=O. The van der Waals surface area contributed by atoms with Crippen LogP contribution in [0.2, 0.25) is 0 Å². The number of aliphatic imine (C=N–C) groups is 2. The maximum atomic E-state index is 13.9. The molecule has 266 valence electrons. The minimum atomic E-state index is -1.000. The predicted molar refractivity (Wildman–Crippen MR) is 191 cm³/mol. The fourth-order valence-corrected chi connectivity index (χ4v) is 5.71. The number of amides is 5. The molecule has 0 fully saturated rings. The number of nitrogens with two attached hydrogens (primary N) is 3. The van der Waals surface area contributed by atoms with E-state index in [1.54, 1.807) is 24.3 Å². The second-order valence-corrected chi connectivity index (χ2v) is 12.2. The van der Waals surface area contributed by atoms with E-state index < -0.39 is 41.8 Å². The molecule has 1 aliphatic heterocycles. The highest BCUT2D eigenvalue weighted by molar-refractivity contribution is 6.28. The molecule has 3 aromatic rings. The Morgan fingerprint density at radius 3 is 2.48 bits per heavy atom. The molecule has 15 nitrogen and oxygen atoms in total. The molecule has 50 heavy (non-hydrogen) atoms. The van der Waals surface area contributed by atoms with Gasteiger partial charge >= 0.3 is 0 Å². The van der Waals surface area contributed by atoms with Crippen molar-refractivity contribution in [2.24, 2.45) is 27.2 Å². The number of aromatic amines is 1. The minimum Gasteiger partial charge on any atom is -0.370 e. The topological polar surface area (TPSA) is 252 Å². The molecule has 2 bridgehead atoms. The van der Waals surface area contributed by atoms with Crippen molar-refractivity contribution in [3.63, 3.8) is 0 Å². The number of fused-ring (bicyclic) bond motifs is 3. The Morgan fingerprint density at radius 2 is 1.68 bits per heavy atom. The Morgan fingerprint density at radius 1 is 0.880 bits per heavy atom. The average molecular weight is 687 g/mol. The molecule has 1 aliphatic rings. The molecule has 1 aromatic heterocycles. The van der Waals surface area contributed by atoms with E-state index in [2.05, 4.69) is 36.2 Å². The van der Waals surface area contributed by atoms with Crippen LogP contribution in [0.4, 0.5) is 0 Å². The largest absolute Gasteiger partial charge is 0.370 e. The summed E-state index contributed by atoms with van der Waals surface area (Å²) in [5.74, 6) is -2.84. The second-order valence-electron chi connectivity index (χ2n) is 12.2. The number of rotatable bonds is 7. The average Bonchev–Trinajstić information content (AvgIpc) is 3.50. The molecule has 0 saturated carbocycles. The van der Waals surface area contributed by atoms with Crippen LogP contribution in [0.1, 0.15) is 55.2 Å². The smallest absolute Gasteiger partial charge is 0.270 e. The lowest BCUT2D eigenvalue weighted by Gasteiger charge is -2.23. The number of carbonyl (C=O) groups excluding carboxylic acids is 5. The van der Waals surface area contributed by atoms with Gasteiger partial charge in [0, 0.05) is 36.6 Å². The molecule has 11 N–H and O–H groups in total. The monoisotopic (exact) mass is 686 g/mol. The first-order valence-corrected chi connectivity index (χ1v) is 16.8. The molecule has 0 aliphatic carbocycles. The molecule has 15 heteroatoms. The number of nitrogens with zero attached hydrogens (tertiary/aromatic N) is 2. The Kier molecular flexibility index (Phi) is 14.0. The van der Waals surface area contributed by atoms with E-state index in [4.69, 9.17) is 17.2 Å². The number of guanidine groups is 1. The number of para-hydroxylation sites is 1.